The van der Waals surface area contributed by atoms with E-state index < -0.39 is 0 Å². The fourth-order valence-electron chi connectivity index (χ4n) is 4.50. The van der Waals surface area contributed by atoms with E-state index in [1.54, 1.807) is 6.33 Å². The van der Waals surface area contributed by atoms with E-state index in [1.807, 2.05) is 11.1 Å². The molecule has 0 spiro atoms. The number of fused-ring (bicyclic) bond motifs is 2. The number of likely N-dealkylation sites (tertiary alicyclic amines) is 1. The van der Waals surface area contributed by atoms with Crippen molar-refractivity contribution >= 4 is 16.9 Å². The summed E-state index contributed by atoms with van der Waals surface area (Å²) in [6.07, 6.45) is 9.35. The zero-order valence-electron chi connectivity index (χ0n) is 13.5. The summed E-state index contributed by atoms with van der Waals surface area (Å²) in [5, 5.41) is 10.4. The van der Waals surface area contributed by atoms with Gasteiger partial charge in [-0.1, -0.05) is 6.92 Å². The third kappa shape index (κ3) is 2.23. The number of rotatable bonds is 2. The minimum Gasteiger partial charge on any atom is -0.355 e. The number of nitrogens with zero attached hydrogens (tertiary/aromatic N) is 5. The molecule has 1 unspecified atom stereocenters. The van der Waals surface area contributed by atoms with Crippen molar-refractivity contribution in [1.82, 2.24) is 19.9 Å². The predicted octanol–water partition coefficient (Wildman–Crippen LogP) is 2.37. The highest BCUT2D eigenvalue weighted by Gasteiger charge is 2.46. The van der Waals surface area contributed by atoms with Crippen LogP contribution in [0.4, 0.5) is 5.82 Å². The Bertz CT molecular complexity index is 747. The molecule has 2 aromatic heterocycles. The van der Waals surface area contributed by atoms with Gasteiger partial charge < -0.3 is 14.8 Å². The lowest BCUT2D eigenvalue weighted by atomic mass is 9.65. The summed E-state index contributed by atoms with van der Waals surface area (Å²) < 4.78 is 0. The third-order valence-corrected chi connectivity index (χ3v) is 5.85. The van der Waals surface area contributed by atoms with E-state index in [2.05, 4.69) is 39.0 Å². The second-order valence-corrected chi connectivity index (χ2v) is 6.87. The van der Waals surface area contributed by atoms with Gasteiger partial charge in [0.15, 0.2) is 6.19 Å². The van der Waals surface area contributed by atoms with Crippen LogP contribution in [0.2, 0.25) is 0 Å². The maximum Gasteiger partial charge on any atom is 0.179 e. The van der Waals surface area contributed by atoms with Crippen molar-refractivity contribution in [3.05, 3.63) is 18.6 Å². The highest BCUT2D eigenvalue weighted by atomic mass is 15.2. The lowest BCUT2D eigenvalue weighted by Crippen LogP contribution is -2.57. The molecule has 2 fully saturated rings. The van der Waals surface area contributed by atoms with E-state index in [-0.39, 0.29) is 5.41 Å². The number of anilines is 1. The number of aromatic amines is 1. The summed E-state index contributed by atoms with van der Waals surface area (Å²) in [5.74, 6) is 1.74. The normalized spacial score (nSPS) is 27.7. The highest BCUT2D eigenvalue weighted by molar-refractivity contribution is 5.87. The van der Waals surface area contributed by atoms with Crippen LogP contribution in [0.15, 0.2) is 18.6 Å². The van der Waals surface area contributed by atoms with Crippen LogP contribution in [0.5, 0.6) is 0 Å². The van der Waals surface area contributed by atoms with Crippen molar-refractivity contribution in [1.29, 1.82) is 5.26 Å². The molecule has 2 aromatic rings. The predicted molar refractivity (Wildman–Crippen MR) is 88.7 cm³/mol. The molecular formula is C17H22N6. The molecule has 120 valence electrons. The van der Waals surface area contributed by atoms with Gasteiger partial charge in [0, 0.05) is 37.8 Å². The largest absolute Gasteiger partial charge is 0.355 e. The minimum absolute atomic E-state index is 0.194. The Labute approximate surface area is 136 Å². The maximum absolute atomic E-state index is 9.33. The molecule has 2 aliphatic rings. The van der Waals surface area contributed by atoms with Gasteiger partial charge in [-0.05, 0) is 31.2 Å². The van der Waals surface area contributed by atoms with Gasteiger partial charge in [0.05, 0.1) is 5.39 Å². The van der Waals surface area contributed by atoms with E-state index in [4.69, 9.17) is 0 Å². The molecule has 2 saturated heterocycles. The molecule has 0 aromatic carbocycles. The van der Waals surface area contributed by atoms with Crippen LogP contribution >= 0.6 is 0 Å². The summed E-state index contributed by atoms with van der Waals surface area (Å²) in [6, 6.07) is 2.05. The van der Waals surface area contributed by atoms with Crippen molar-refractivity contribution in [3.63, 3.8) is 0 Å². The number of aromatic nitrogens is 3. The smallest absolute Gasteiger partial charge is 0.179 e. The number of H-pyrrole nitrogens is 1. The maximum atomic E-state index is 9.33. The zero-order valence-corrected chi connectivity index (χ0v) is 13.5. The monoisotopic (exact) mass is 310 g/mol. The number of nitriles is 1. The number of piperidine rings is 2. The fraction of sp³-hybridized carbons (Fsp3) is 0.588. The van der Waals surface area contributed by atoms with Crippen molar-refractivity contribution < 1.29 is 0 Å². The van der Waals surface area contributed by atoms with Gasteiger partial charge in [-0.15, -0.1) is 0 Å². The minimum atomic E-state index is 0.194. The Balaban J connectivity index is 1.68. The number of nitrogens with one attached hydrogen (secondary N) is 1. The van der Waals surface area contributed by atoms with Crippen LogP contribution in [-0.4, -0.2) is 46.0 Å². The molecule has 4 rings (SSSR count). The van der Waals surface area contributed by atoms with Gasteiger partial charge in [0.25, 0.3) is 0 Å². The second kappa shape index (κ2) is 5.41. The Kier molecular flexibility index (Phi) is 3.37. The van der Waals surface area contributed by atoms with E-state index >= 15 is 0 Å². The molecule has 2 atom stereocenters. The molecule has 0 amide bonds. The first-order valence-electron chi connectivity index (χ1n) is 8.43. The molecule has 0 radical (unpaired) electrons. The third-order valence-electron chi connectivity index (χ3n) is 5.85. The average molecular weight is 310 g/mol. The molecule has 6 heteroatoms. The van der Waals surface area contributed by atoms with Gasteiger partial charge >= 0.3 is 0 Å². The van der Waals surface area contributed by atoms with Gasteiger partial charge in [0.2, 0.25) is 0 Å². The second-order valence-electron chi connectivity index (χ2n) is 6.87. The van der Waals surface area contributed by atoms with Crippen LogP contribution in [0.25, 0.3) is 11.0 Å². The number of hydrogen-bond donors (Lipinski definition) is 1. The topological polar surface area (TPSA) is 71.8 Å². The van der Waals surface area contributed by atoms with Gasteiger partial charge in [0.1, 0.15) is 17.8 Å². The van der Waals surface area contributed by atoms with E-state index in [0.717, 1.165) is 61.8 Å². The van der Waals surface area contributed by atoms with Gasteiger partial charge in [-0.25, -0.2) is 9.97 Å². The van der Waals surface area contributed by atoms with E-state index in [1.165, 1.54) is 6.42 Å². The molecular weight excluding hydrogens is 288 g/mol. The molecule has 0 aliphatic carbocycles. The Morgan fingerprint density at radius 2 is 2.22 bits per heavy atom. The van der Waals surface area contributed by atoms with Crippen LogP contribution < -0.4 is 4.90 Å². The van der Waals surface area contributed by atoms with Crippen molar-refractivity contribution in [2.45, 2.75) is 26.2 Å². The van der Waals surface area contributed by atoms with Crippen LogP contribution in [0, 0.1) is 22.8 Å². The molecule has 2 aliphatic heterocycles. The van der Waals surface area contributed by atoms with Crippen LogP contribution in [-0.2, 0) is 0 Å². The summed E-state index contributed by atoms with van der Waals surface area (Å²) in [5.41, 5.74) is 1.09. The molecule has 1 N–H and O–H groups in total. The first-order chi connectivity index (χ1) is 11.3. The van der Waals surface area contributed by atoms with Gasteiger partial charge in [-0.3, -0.25) is 0 Å². The number of hydrogen-bond acceptors (Lipinski definition) is 5. The Morgan fingerprint density at radius 1 is 1.35 bits per heavy atom. The molecule has 4 heterocycles. The summed E-state index contributed by atoms with van der Waals surface area (Å²) >= 11 is 0. The summed E-state index contributed by atoms with van der Waals surface area (Å²) in [7, 11) is 0. The van der Waals surface area contributed by atoms with Crippen LogP contribution in [0.1, 0.15) is 26.2 Å². The highest BCUT2D eigenvalue weighted by Crippen LogP contribution is 2.45. The van der Waals surface area contributed by atoms with Crippen LogP contribution in [0.3, 0.4) is 0 Å². The van der Waals surface area contributed by atoms with Crippen molar-refractivity contribution in [2.24, 2.45) is 11.3 Å². The molecule has 6 nitrogen and oxygen atoms in total. The van der Waals surface area contributed by atoms with Crippen molar-refractivity contribution in [2.75, 3.05) is 31.1 Å². The lowest BCUT2D eigenvalue weighted by molar-refractivity contribution is 0.0357. The Hall–Kier alpha value is -2.29. The summed E-state index contributed by atoms with van der Waals surface area (Å²) in [4.78, 5) is 16.4. The quantitative estimate of drug-likeness (QED) is 0.862. The fourth-order valence-corrected chi connectivity index (χ4v) is 4.50. The Morgan fingerprint density at radius 3 is 3.04 bits per heavy atom. The molecule has 0 bridgehead atoms. The lowest BCUT2D eigenvalue weighted by Gasteiger charge is -2.52. The first-order valence-corrected chi connectivity index (χ1v) is 8.43. The SMILES string of the molecule is CC[C@]12CN(C#N)CCC1CCN(c1ncnc3[nH]ccc13)C2. The van der Waals surface area contributed by atoms with Crippen molar-refractivity contribution in [3.8, 4) is 6.19 Å². The molecule has 23 heavy (non-hydrogen) atoms. The van der Waals surface area contributed by atoms with E-state index in [9.17, 15) is 5.26 Å². The average Bonchev–Trinajstić information content (AvgIpc) is 3.09. The molecule has 0 saturated carbocycles. The standard InChI is InChI=1S/C17H22N6/c1-2-17-9-22(11-18)7-4-13(17)5-8-23(10-17)16-14-3-6-19-15(14)20-12-21-16/h3,6,12-13H,2,4-5,7-10H2,1H3,(H,19,20,21)/t13?,17-/m1/s1. The zero-order chi connectivity index (χ0) is 15.9. The first kappa shape index (κ1) is 14.3. The summed E-state index contributed by atoms with van der Waals surface area (Å²) in [6.45, 7) is 6.07. The van der Waals surface area contributed by atoms with Gasteiger partial charge in [-0.2, -0.15) is 5.26 Å². The van der Waals surface area contributed by atoms with E-state index in [0.29, 0.717) is 0 Å².